The second-order valence-electron chi connectivity index (χ2n) is 4.21. The lowest BCUT2D eigenvalue weighted by molar-refractivity contribution is 0.100. The molecular weight excluding hydrogens is 368 g/mol. The van der Waals surface area contributed by atoms with Crippen molar-refractivity contribution >= 4 is 58.2 Å². The number of carbonyl (C=O) groups excluding carboxylic acids is 1. The van der Waals surface area contributed by atoms with Crippen LogP contribution in [-0.4, -0.2) is 10.8 Å². The summed E-state index contributed by atoms with van der Waals surface area (Å²) in [5.41, 5.74) is 0.294. The summed E-state index contributed by atoms with van der Waals surface area (Å²) in [4.78, 5) is 12.8. The summed E-state index contributed by atoms with van der Waals surface area (Å²) in [5.74, 6) is -0.845. The highest BCUT2D eigenvalue weighted by molar-refractivity contribution is 8.13. The number of carbonyl (C=O) groups is 1. The van der Waals surface area contributed by atoms with Gasteiger partial charge >= 0.3 is 0 Å². The molecule has 7 heteroatoms. The van der Waals surface area contributed by atoms with E-state index in [1.54, 1.807) is 24.3 Å². The number of Topliss-reactive ketones (excluding diaryl/α,β-unsaturated/α-hetero) is 1. The Morgan fingerprint density at radius 1 is 1.14 bits per heavy atom. The number of halogens is 4. The van der Waals surface area contributed by atoms with Crippen molar-refractivity contribution in [2.24, 2.45) is 0 Å². The molecule has 1 N–H and O–H groups in total. The number of thioether (sulfide) groups is 1. The van der Waals surface area contributed by atoms with Gasteiger partial charge in [0.2, 0.25) is 0 Å². The molecule has 0 atom stereocenters. The van der Waals surface area contributed by atoms with Crippen LogP contribution in [0.5, 0.6) is 0 Å². The van der Waals surface area contributed by atoms with Crippen LogP contribution in [0.2, 0.25) is 10.0 Å². The molecule has 0 radical (unpaired) electrons. The molecule has 116 valence electrons. The van der Waals surface area contributed by atoms with Crippen LogP contribution in [0.25, 0.3) is 0 Å². The van der Waals surface area contributed by atoms with Gasteiger partial charge in [0.15, 0.2) is 5.78 Å². The highest BCUT2D eigenvalue weighted by Crippen LogP contribution is 2.24. The summed E-state index contributed by atoms with van der Waals surface area (Å²) in [5, 5.41) is 8.57. The molecule has 2 rings (SSSR count). The maximum Gasteiger partial charge on any atom is 0.169 e. The Labute approximate surface area is 147 Å². The fourth-order valence-electron chi connectivity index (χ4n) is 1.60. The first kappa shape index (κ1) is 19.0. The minimum absolute atomic E-state index is 0. The lowest BCUT2D eigenvalue weighted by Crippen LogP contribution is -2.05. The normalized spacial score (nSPS) is 9.95. The van der Waals surface area contributed by atoms with Crippen molar-refractivity contribution < 1.29 is 9.18 Å². The Balaban J connectivity index is 0.00000242. The van der Waals surface area contributed by atoms with Gasteiger partial charge in [-0.3, -0.25) is 10.2 Å². The minimum Gasteiger partial charge on any atom is -0.298 e. The Kier molecular flexibility index (Phi) is 7.36. The summed E-state index contributed by atoms with van der Waals surface area (Å²) in [6.07, 6.45) is -0.0603. The van der Waals surface area contributed by atoms with Gasteiger partial charge in [-0.05, 0) is 42.5 Å². The average Bonchev–Trinajstić information content (AvgIpc) is 2.44. The van der Waals surface area contributed by atoms with E-state index in [4.69, 9.17) is 28.6 Å². The Morgan fingerprint density at radius 2 is 1.77 bits per heavy atom. The van der Waals surface area contributed by atoms with Crippen LogP contribution in [0.3, 0.4) is 0 Å². The lowest BCUT2D eigenvalue weighted by Gasteiger charge is -2.05. The second kappa shape index (κ2) is 8.53. The van der Waals surface area contributed by atoms with Crippen molar-refractivity contribution in [1.82, 2.24) is 0 Å². The fraction of sp³-hybridized carbons (Fsp3) is 0.0667. The molecule has 0 spiro atoms. The van der Waals surface area contributed by atoms with E-state index in [1.807, 2.05) is 0 Å². The summed E-state index contributed by atoms with van der Waals surface area (Å²) >= 11 is 12.6. The molecule has 2 aromatic rings. The topological polar surface area (TPSA) is 40.9 Å². The van der Waals surface area contributed by atoms with Crippen molar-refractivity contribution in [3.05, 3.63) is 63.9 Å². The molecule has 0 fully saturated rings. The van der Waals surface area contributed by atoms with Crippen molar-refractivity contribution in [3.63, 3.8) is 0 Å². The zero-order valence-corrected chi connectivity index (χ0v) is 14.3. The van der Waals surface area contributed by atoms with Gasteiger partial charge in [-0.15, -0.1) is 12.4 Å². The first-order valence-electron chi connectivity index (χ1n) is 5.95. The molecule has 0 saturated carbocycles. The molecule has 0 heterocycles. The van der Waals surface area contributed by atoms with Crippen LogP contribution in [-0.2, 0) is 0 Å². The van der Waals surface area contributed by atoms with E-state index < -0.39 is 5.82 Å². The lowest BCUT2D eigenvalue weighted by atomic mass is 10.1. The van der Waals surface area contributed by atoms with Gasteiger partial charge in [-0.1, -0.05) is 35.0 Å². The predicted octanol–water partition coefficient (Wildman–Crippen LogP) is 5.90. The molecule has 0 aliphatic rings. The Bertz CT molecular complexity index is 692. The molecule has 0 aliphatic carbocycles. The van der Waals surface area contributed by atoms with Crippen LogP contribution >= 0.6 is 47.4 Å². The third-order valence-corrected chi connectivity index (χ3v) is 4.06. The third-order valence-electron chi connectivity index (χ3n) is 2.62. The molecule has 0 aliphatic heterocycles. The van der Waals surface area contributed by atoms with Crippen molar-refractivity contribution in [2.45, 2.75) is 11.3 Å². The maximum absolute atomic E-state index is 13.0. The molecule has 0 unspecified atom stereocenters. The van der Waals surface area contributed by atoms with Gasteiger partial charge in [0.05, 0.1) is 16.5 Å². The standard InChI is InChI=1S/C15H10Cl2FNOS.ClH/c16-10-2-4-11(5-3-10)21-15(19)8-14(20)9-1-6-13(18)12(17)7-9;/h1-7,19H,8H2;1H. The molecule has 0 aromatic heterocycles. The Hall–Kier alpha value is -1.07. The Morgan fingerprint density at radius 3 is 2.36 bits per heavy atom. The second-order valence-corrected chi connectivity index (χ2v) is 6.22. The summed E-state index contributed by atoms with van der Waals surface area (Å²) in [6, 6.07) is 10.8. The van der Waals surface area contributed by atoms with E-state index in [2.05, 4.69) is 0 Å². The van der Waals surface area contributed by atoms with Crippen LogP contribution in [0, 0.1) is 11.2 Å². The highest BCUT2D eigenvalue weighted by atomic mass is 35.5. The van der Waals surface area contributed by atoms with Gasteiger partial charge in [0, 0.05) is 15.5 Å². The van der Waals surface area contributed by atoms with E-state index in [0.29, 0.717) is 10.6 Å². The van der Waals surface area contributed by atoms with E-state index in [-0.39, 0.29) is 34.7 Å². The van der Waals surface area contributed by atoms with E-state index in [1.165, 1.54) is 23.9 Å². The van der Waals surface area contributed by atoms with Crippen molar-refractivity contribution in [2.75, 3.05) is 0 Å². The number of hydrogen-bond acceptors (Lipinski definition) is 3. The number of nitrogens with one attached hydrogen (secondary N) is 1. The molecular formula is C15H11Cl3FNOS. The van der Waals surface area contributed by atoms with Crippen LogP contribution in [0.1, 0.15) is 16.8 Å². The summed E-state index contributed by atoms with van der Waals surface area (Å²) < 4.78 is 13.0. The van der Waals surface area contributed by atoms with E-state index >= 15 is 0 Å². The monoisotopic (exact) mass is 377 g/mol. The SMILES string of the molecule is Cl.N=C(CC(=O)c1ccc(F)c(Cl)c1)Sc1ccc(Cl)cc1. The number of hydrogen-bond donors (Lipinski definition) is 1. The van der Waals surface area contributed by atoms with E-state index in [0.717, 1.165) is 11.0 Å². The zero-order valence-electron chi connectivity index (χ0n) is 11.1. The quantitative estimate of drug-likeness (QED) is 0.311. The maximum atomic E-state index is 13.0. The largest absolute Gasteiger partial charge is 0.298 e. The van der Waals surface area contributed by atoms with Gasteiger partial charge in [0.25, 0.3) is 0 Å². The minimum atomic E-state index is -0.571. The van der Waals surface area contributed by atoms with Crippen LogP contribution in [0.15, 0.2) is 47.4 Å². The zero-order chi connectivity index (χ0) is 15.4. The predicted molar refractivity (Wildman–Crippen MR) is 92.6 cm³/mol. The van der Waals surface area contributed by atoms with Crippen LogP contribution in [0.4, 0.5) is 4.39 Å². The first-order valence-corrected chi connectivity index (χ1v) is 7.52. The molecule has 2 nitrogen and oxygen atoms in total. The molecule has 0 bridgehead atoms. The van der Waals surface area contributed by atoms with Crippen molar-refractivity contribution in [1.29, 1.82) is 5.41 Å². The summed E-state index contributed by atoms with van der Waals surface area (Å²) in [7, 11) is 0. The van der Waals surface area contributed by atoms with Gasteiger partial charge in [0.1, 0.15) is 5.82 Å². The molecule has 0 amide bonds. The highest BCUT2D eigenvalue weighted by Gasteiger charge is 2.12. The fourth-order valence-corrected chi connectivity index (χ4v) is 2.66. The third kappa shape index (κ3) is 5.29. The average molecular weight is 379 g/mol. The molecule has 2 aromatic carbocycles. The number of rotatable bonds is 4. The first-order chi connectivity index (χ1) is 9.95. The van der Waals surface area contributed by atoms with E-state index in [9.17, 15) is 9.18 Å². The molecule has 22 heavy (non-hydrogen) atoms. The smallest absolute Gasteiger partial charge is 0.169 e. The number of ketones is 1. The van der Waals surface area contributed by atoms with Gasteiger partial charge in [-0.2, -0.15) is 0 Å². The van der Waals surface area contributed by atoms with Crippen LogP contribution < -0.4 is 0 Å². The summed E-state index contributed by atoms with van der Waals surface area (Å²) in [6.45, 7) is 0. The van der Waals surface area contributed by atoms with Crippen molar-refractivity contribution in [3.8, 4) is 0 Å². The molecule has 0 saturated heterocycles. The van der Waals surface area contributed by atoms with Gasteiger partial charge in [-0.25, -0.2) is 4.39 Å². The van der Waals surface area contributed by atoms with Gasteiger partial charge < -0.3 is 0 Å². The number of benzene rings is 2.